The molecule has 0 spiro atoms. The van der Waals surface area contributed by atoms with Gasteiger partial charge in [-0.25, -0.2) is 9.18 Å². The molecule has 0 bridgehead atoms. The summed E-state index contributed by atoms with van der Waals surface area (Å²) in [6.45, 7) is 0. The number of hydrogen-bond acceptors (Lipinski definition) is 4. The Hall–Kier alpha value is -1.87. The van der Waals surface area contributed by atoms with Crippen LogP contribution in [0.4, 0.5) is 4.39 Å². The van der Waals surface area contributed by atoms with Crippen LogP contribution in [0.15, 0.2) is 17.1 Å². The molecule has 1 N–H and O–H groups in total. The molecule has 1 fully saturated rings. The van der Waals surface area contributed by atoms with Gasteiger partial charge in [-0.2, -0.15) is 4.99 Å². The smallest absolute Gasteiger partial charge is 0.235 e. The molecule has 1 saturated carbocycles. The molecule has 1 aromatic rings. The average Bonchev–Trinajstić information content (AvgIpc) is 3.03. The quantitative estimate of drug-likeness (QED) is 0.628. The molecule has 0 heterocycles. The van der Waals surface area contributed by atoms with Crippen LogP contribution >= 0.6 is 0 Å². The number of carbonyl (C=O) groups excluding carboxylic acids is 1. The summed E-state index contributed by atoms with van der Waals surface area (Å²) in [6, 6.07) is 2.93. The zero-order valence-corrected chi connectivity index (χ0v) is 8.66. The SMILES string of the molecule is COc1ccc(C2(N=C=O)CC2)c(F)c1O. The van der Waals surface area contributed by atoms with Gasteiger partial charge in [0.25, 0.3) is 0 Å². The Labute approximate surface area is 91.4 Å². The Balaban J connectivity index is 2.52. The standard InChI is InChI=1S/C11H10FNO3/c1-16-8-3-2-7(9(12)10(8)15)11(4-5-11)13-6-14/h2-3,15H,4-5H2,1H3. The number of rotatable bonds is 3. The minimum Gasteiger partial charge on any atom is -0.502 e. The first-order chi connectivity index (χ1) is 7.64. The van der Waals surface area contributed by atoms with Gasteiger partial charge in [0.1, 0.15) is 5.54 Å². The Bertz CT molecular complexity index is 476. The second kappa shape index (κ2) is 3.61. The van der Waals surface area contributed by atoms with E-state index in [9.17, 15) is 14.3 Å². The van der Waals surface area contributed by atoms with Crippen LogP contribution in [0.5, 0.6) is 11.5 Å². The van der Waals surface area contributed by atoms with Crippen molar-refractivity contribution in [2.75, 3.05) is 7.11 Å². The average molecular weight is 223 g/mol. The molecule has 84 valence electrons. The Morgan fingerprint density at radius 1 is 1.56 bits per heavy atom. The van der Waals surface area contributed by atoms with Crippen LogP contribution in [0.25, 0.3) is 0 Å². The molecule has 0 aromatic heterocycles. The number of nitrogens with zero attached hydrogens (tertiary/aromatic N) is 1. The molecule has 0 saturated heterocycles. The van der Waals surface area contributed by atoms with E-state index in [-0.39, 0.29) is 11.3 Å². The zero-order valence-electron chi connectivity index (χ0n) is 8.66. The van der Waals surface area contributed by atoms with E-state index in [4.69, 9.17) is 4.74 Å². The monoisotopic (exact) mass is 223 g/mol. The lowest BCUT2D eigenvalue weighted by Gasteiger charge is -2.12. The van der Waals surface area contributed by atoms with E-state index in [1.54, 1.807) is 0 Å². The first-order valence-corrected chi connectivity index (χ1v) is 4.79. The summed E-state index contributed by atoms with van der Waals surface area (Å²) >= 11 is 0. The number of halogens is 1. The lowest BCUT2D eigenvalue weighted by molar-refractivity contribution is 0.354. The van der Waals surface area contributed by atoms with Crippen LogP contribution in [-0.4, -0.2) is 18.3 Å². The molecule has 1 aromatic carbocycles. The number of benzene rings is 1. The van der Waals surface area contributed by atoms with Gasteiger partial charge in [0, 0.05) is 5.56 Å². The van der Waals surface area contributed by atoms with Crippen molar-refractivity contribution in [1.29, 1.82) is 0 Å². The largest absolute Gasteiger partial charge is 0.502 e. The van der Waals surface area contributed by atoms with Crippen molar-refractivity contribution in [1.82, 2.24) is 0 Å². The highest BCUT2D eigenvalue weighted by atomic mass is 19.1. The number of aliphatic imine (C=N–C) groups is 1. The molecule has 16 heavy (non-hydrogen) atoms. The normalized spacial score (nSPS) is 16.4. The van der Waals surface area contributed by atoms with Crippen molar-refractivity contribution in [3.05, 3.63) is 23.5 Å². The maximum absolute atomic E-state index is 13.8. The fourth-order valence-corrected chi connectivity index (χ4v) is 1.72. The maximum Gasteiger partial charge on any atom is 0.235 e. The lowest BCUT2D eigenvalue weighted by atomic mass is 10.0. The topological polar surface area (TPSA) is 58.9 Å². The number of methoxy groups -OCH3 is 1. The highest BCUT2D eigenvalue weighted by molar-refractivity contribution is 5.49. The first-order valence-electron chi connectivity index (χ1n) is 4.79. The molecule has 0 atom stereocenters. The van der Waals surface area contributed by atoms with E-state index in [2.05, 4.69) is 4.99 Å². The van der Waals surface area contributed by atoms with E-state index in [1.165, 1.54) is 25.3 Å². The minimum absolute atomic E-state index is 0.0622. The zero-order chi connectivity index (χ0) is 11.8. The van der Waals surface area contributed by atoms with Crippen LogP contribution in [0.1, 0.15) is 18.4 Å². The Kier molecular flexibility index (Phi) is 2.40. The van der Waals surface area contributed by atoms with Crippen LogP contribution in [0.3, 0.4) is 0 Å². The highest BCUT2D eigenvalue weighted by Gasteiger charge is 2.47. The summed E-state index contributed by atoms with van der Waals surface area (Å²) in [5.74, 6) is -1.27. The summed E-state index contributed by atoms with van der Waals surface area (Å²) in [5.41, 5.74) is -0.607. The van der Waals surface area contributed by atoms with E-state index in [0.29, 0.717) is 12.8 Å². The molecule has 1 aliphatic rings. The summed E-state index contributed by atoms with van der Waals surface area (Å²) < 4.78 is 18.6. The van der Waals surface area contributed by atoms with Crippen molar-refractivity contribution in [3.8, 4) is 11.5 Å². The number of hydrogen-bond donors (Lipinski definition) is 1. The van der Waals surface area contributed by atoms with Gasteiger partial charge in [-0.15, -0.1) is 0 Å². The molecule has 0 aliphatic heterocycles. The number of aromatic hydroxyl groups is 1. The van der Waals surface area contributed by atoms with Crippen molar-refractivity contribution >= 4 is 6.08 Å². The lowest BCUT2D eigenvalue weighted by Crippen LogP contribution is -2.06. The molecule has 0 unspecified atom stereocenters. The Morgan fingerprint density at radius 3 is 2.75 bits per heavy atom. The summed E-state index contributed by atoms with van der Waals surface area (Å²) in [6.07, 6.45) is 2.62. The first kappa shape index (κ1) is 10.6. The third-order valence-electron chi connectivity index (χ3n) is 2.78. The van der Waals surface area contributed by atoms with Gasteiger partial charge in [-0.1, -0.05) is 0 Å². The van der Waals surface area contributed by atoms with Crippen molar-refractivity contribution in [2.24, 2.45) is 4.99 Å². The molecule has 2 rings (SSSR count). The molecule has 0 amide bonds. The van der Waals surface area contributed by atoms with E-state index >= 15 is 0 Å². The van der Waals surface area contributed by atoms with Gasteiger partial charge in [-0.3, -0.25) is 0 Å². The number of phenols is 1. The van der Waals surface area contributed by atoms with Gasteiger partial charge in [0.2, 0.25) is 6.08 Å². The summed E-state index contributed by atoms with van der Waals surface area (Å²) in [7, 11) is 1.34. The van der Waals surface area contributed by atoms with Gasteiger partial charge in [0.15, 0.2) is 17.3 Å². The van der Waals surface area contributed by atoms with Crippen LogP contribution < -0.4 is 4.74 Å². The van der Waals surface area contributed by atoms with Crippen LogP contribution in [0.2, 0.25) is 0 Å². The number of ether oxygens (including phenoxy) is 1. The van der Waals surface area contributed by atoms with E-state index in [0.717, 1.165) is 0 Å². The van der Waals surface area contributed by atoms with Gasteiger partial charge < -0.3 is 9.84 Å². The van der Waals surface area contributed by atoms with Gasteiger partial charge in [-0.05, 0) is 25.0 Å². The predicted octanol–water partition coefficient (Wildman–Crippen LogP) is 1.86. The Morgan fingerprint density at radius 2 is 2.25 bits per heavy atom. The predicted molar refractivity (Wildman–Crippen MR) is 53.7 cm³/mol. The second-order valence-corrected chi connectivity index (χ2v) is 3.71. The van der Waals surface area contributed by atoms with Crippen LogP contribution in [0, 0.1) is 5.82 Å². The molecule has 0 radical (unpaired) electrons. The third kappa shape index (κ3) is 1.46. The highest BCUT2D eigenvalue weighted by Crippen LogP contribution is 2.51. The fraction of sp³-hybridized carbons (Fsp3) is 0.364. The van der Waals surface area contributed by atoms with E-state index in [1.807, 2.05) is 0 Å². The minimum atomic E-state index is -0.824. The number of phenolic OH excluding ortho intramolecular Hbond substituents is 1. The van der Waals surface area contributed by atoms with Crippen molar-refractivity contribution < 1.29 is 19.0 Å². The van der Waals surface area contributed by atoms with Crippen LogP contribution in [-0.2, 0) is 10.3 Å². The summed E-state index contributed by atoms with van der Waals surface area (Å²) in [4.78, 5) is 13.8. The van der Waals surface area contributed by atoms with Gasteiger partial charge >= 0.3 is 0 Å². The van der Waals surface area contributed by atoms with Crippen molar-refractivity contribution in [2.45, 2.75) is 18.4 Å². The number of isocyanates is 1. The third-order valence-corrected chi connectivity index (χ3v) is 2.78. The molecular formula is C11H10FNO3. The van der Waals surface area contributed by atoms with E-state index < -0.39 is 17.1 Å². The molecular weight excluding hydrogens is 213 g/mol. The molecule has 1 aliphatic carbocycles. The molecule has 4 nitrogen and oxygen atoms in total. The fourth-order valence-electron chi connectivity index (χ4n) is 1.72. The summed E-state index contributed by atoms with van der Waals surface area (Å²) in [5, 5.41) is 9.50. The molecule has 5 heteroatoms. The van der Waals surface area contributed by atoms with Crippen molar-refractivity contribution in [3.63, 3.8) is 0 Å². The van der Waals surface area contributed by atoms with Gasteiger partial charge in [0.05, 0.1) is 7.11 Å². The maximum atomic E-state index is 13.8. The second-order valence-electron chi connectivity index (χ2n) is 3.71.